The summed E-state index contributed by atoms with van der Waals surface area (Å²) in [6.07, 6.45) is 4.51. The third kappa shape index (κ3) is 6.73. The van der Waals surface area contributed by atoms with Crippen molar-refractivity contribution in [3.05, 3.63) is 29.8 Å². The molecule has 1 saturated carbocycles. The lowest BCUT2D eigenvalue weighted by atomic mass is 9.90. The van der Waals surface area contributed by atoms with Crippen LogP contribution in [0, 0.1) is 0 Å². The highest BCUT2D eigenvalue weighted by Gasteiger charge is 2.36. The SMILES string of the molecule is CCO[C@H](Cc1ccc(OC(C)C(=O)N(C2CCCCC2)C(C)(C)C)cc1)C(=O)O. The molecule has 1 N–H and O–H groups in total. The van der Waals surface area contributed by atoms with E-state index in [1.807, 2.05) is 17.0 Å². The Hall–Kier alpha value is -2.08. The Morgan fingerprint density at radius 1 is 1.13 bits per heavy atom. The number of hydrogen-bond acceptors (Lipinski definition) is 4. The van der Waals surface area contributed by atoms with Gasteiger partial charge in [-0.15, -0.1) is 0 Å². The van der Waals surface area contributed by atoms with Gasteiger partial charge in [0.25, 0.3) is 5.91 Å². The number of carbonyl (C=O) groups is 2. The molecule has 1 aromatic rings. The van der Waals surface area contributed by atoms with Crippen LogP contribution < -0.4 is 4.74 Å². The molecule has 2 atom stereocenters. The van der Waals surface area contributed by atoms with Gasteiger partial charge < -0.3 is 19.5 Å². The van der Waals surface area contributed by atoms with E-state index in [4.69, 9.17) is 9.47 Å². The van der Waals surface area contributed by atoms with Crippen LogP contribution in [0.25, 0.3) is 0 Å². The van der Waals surface area contributed by atoms with Crippen LogP contribution in [0.2, 0.25) is 0 Å². The van der Waals surface area contributed by atoms with Gasteiger partial charge in [0, 0.05) is 24.6 Å². The maximum absolute atomic E-state index is 13.3. The summed E-state index contributed by atoms with van der Waals surface area (Å²) >= 11 is 0. The highest BCUT2D eigenvalue weighted by molar-refractivity contribution is 5.82. The number of carboxylic acids is 1. The van der Waals surface area contributed by atoms with Crippen molar-refractivity contribution in [2.45, 2.75) is 96.9 Å². The number of carbonyl (C=O) groups excluding carboxylic acids is 1. The van der Waals surface area contributed by atoms with E-state index in [0.29, 0.717) is 12.4 Å². The third-order valence-corrected chi connectivity index (χ3v) is 5.55. The van der Waals surface area contributed by atoms with E-state index in [1.54, 1.807) is 26.0 Å². The maximum atomic E-state index is 13.3. The average Bonchev–Trinajstić information content (AvgIpc) is 2.68. The zero-order valence-electron chi connectivity index (χ0n) is 19.0. The molecule has 0 bridgehead atoms. The highest BCUT2D eigenvalue weighted by Crippen LogP contribution is 2.29. The monoisotopic (exact) mass is 419 g/mol. The van der Waals surface area contributed by atoms with Crippen LogP contribution in [0.15, 0.2) is 24.3 Å². The van der Waals surface area contributed by atoms with Gasteiger partial charge in [-0.3, -0.25) is 4.79 Å². The van der Waals surface area contributed by atoms with Crippen molar-refractivity contribution in [1.82, 2.24) is 4.90 Å². The molecule has 0 aliphatic heterocycles. The normalized spacial score (nSPS) is 17.2. The van der Waals surface area contributed by atoms with Crippen LogP contribution in [-0.2, 0) is 20.7 Å². The molecule has 0 spiro atoms. The van der Waals surface area contributed by atoms with Crippen molar-refractivity contribution in [3.8, 4) is 5.75 Å². The van der Waals surface area contributed by atoms with E-state index in [-0.39, 0.29) is 23.9 Å². The summed E-state index contributed by atoms with van der Waals surface area (Å²) < 4.78 is 11.2. The first-order valence-corrected chi connectivity index (χ1v) is 11.1. The summed E-state index contributed by atoms with van der Waals surface area (Å²) in [6, 6.07) is 7.48. The molecule has 1 unspecified atom stereocenters. The van der Waals surface area contributed by atoms with Crippen molar-refractivity contribution < 1.29 is 24.2 Å². The lowest BCUT2D eigenvalue weighted by Crippen LogP contribution is -2.55. The molecule has 0 aromatic heterocycles. The van der Waals surface area contributed by atoms with Crippen LogP contribution in [0.4, 0.5) is 0 Å². The second kappa shape index (κ2) is 10.8. The lowest BCUT2D eigenvalue weighted by Gasteiger charge is -2.44. The summed E-state index contributed by atoms with van der Waals surface area (Å²) in [7, 11) is 0. The van der Waals surface area contributed by atoms with Crippen LogP contribution in [0.1, 0.15) is 72.3 Å². The van der Waals surface area contributed by atoms with Crippen LogP contribution in [0.5, 0.6) is 5.75 Å². The molecule has 168 valence electrons. The summed E-state index contributed by atoms with van der Waals surface area (Å²) in [6.45, 7) is 10.2. The minimum absolute atomic E-state index is 0.0146. The molecule has 1 amide bonds. The van der Waals surface area contributed by atoms with Gasteiger partial charge in [0.15, 0.2) is 12.2 Å². The fraction of sp³-hybridized carbons (Fsp3) is 0.667. The van der Waals surface area contributed by atoms with Crippen molar-refractivity contribution in [2.75, 3.05) is 6.61 Å². The van der Waals surface area contributed by atoms with E-state index in [9.17, 15) is 14.7 Å². The number of aliphatic carboxylic acids is 1. The van der Waals surface area contributed by atoms with E-state index < -0.39 is 18.2 Å². The van der Waals surface area contributed by atoms with E-state index in [2.05, 4.69) is 20.8 Å². The summed E-state index contributed by atoms with van der Waals surface area (Å²) in [5.41, 5.74) is 0.590. The first-order valence-electron chi connectivity index (χ1n) is 11.1. The number of nitrogens with zero attached hydrogens (tertiary/aromatic N) is 1. The first-order chi connectivity index (χ1) is 14.1. The summed E-state index contributed by atoms with van der Waals surface area (Å²) in [4.78, 5) is 26.6. The fourth-order valence-corrected chi connectivity index (χ4v) is 4.18. The van der Waals surface area contributed by atoms with Gasteiger partial charge in [0.2, 0.25) is 0 Å². The Bertz CT molecular complexity index is 689. The molecule has 0 heterocycles. The van der Waals surface area contributed by atoms with Crippen molar-refractivity contribution in [2.24, 2.45) is 0 Å². The fourth-order valence-electron chi connectivity index (χ4n) is 4.18. The van der Waals surface area contributed by atoms with Gasteiger partial charge in [-0.1, -0.05) is 31.4 Å². The molecule has 1 fully saturated rings. The minimum Gasteiger partial charge on any atom is -0.481 e. The molecule has 1 aliphatic rings. The van der Waals surface area contributed by atoms with E-state index in [1.165, 1.54) is 19.3 Å². The van der Waals surface area contributed by atoms with Crippen molar-refractivity contribution >= 4 is 11.9 Å². The topological polar surface area (TPSA) is 76.1 Å². The van der Waals surface area contributed by atoms with Gasteiger partial charge in [-0.05, 0) is 65.2 Å². The zero-order valence-corrected chi connectivity index (χ0v) is 19.0. The number of benzene rings is 1. The van der Waals surface area contributed by atoms with E-state index in [0.717, 1.165) is 18.4 Å². The predicted molar refractivity (Wildman–Crippen MR) is 117 cm³/mol. The van der Waals surface area contributed by atoms with Gasteiger partial charge in [0.1, 0.15) is 5.75 Å². The van der Waals surface area contributed by atoms with Gasteiger partial charge in [-0.25, -0.2) is 4.79 Å². The molecule has 6 nitrogen and oxygen atoms in total. The summed E-state index contributed by atoms with van der Waals surface area (Å²) in [5.74, 6) is -0.359. The molecule has 0 radical (unpaired) electrons. The van der Waals surface area contributed by atoms with Gasteiger partial charge in [0.05, 0.1) is 0 Å². The maximum Gasteiger partial charge on any atom is 0.333 e. The van der Waals surface area contributed by atoms with Crippen LogP contribution >= 0.6 is 0 Å². The predicted octanol–water partition coefficient (Wildman–Crippen LogP) is 4.45. The molecule has 6 heteroatoms. The largest absolute Gasteiger partial charge is 0.481 e. The van der Waals surface area contributed by atoms with Crippen LogP contribution in [-0.4, -0.2) is 52.3 Å². The molecular formula is C24H37NO5. The minimum atomic E-state index is -0.971. The number of rotatable bonds is 9. The molecule has 2 rings (SSSR count). The third-order valence-electron chi connectivity index (χ3n) is 5.55. The van der Waals surface area contributed by atoms with Crippen molar-refractivity contribution in [1.29, 1.82) is 0 Å². The van der Waals surface area contributed by atoms with Gasteiger partial charge >= 0.3 is 5.97 Å². The molecule has 0 saturated heterocycles. The molecule has 30 heavy (non-hydrogen) atoms. The molecule has 1 aliphatic carbocycles. The zero-order chi connectivity index (χ0) is 22.3. The number of hydrogen-bond donors (Lipinski definition) is 1. The standard InChI is InChI=1S/C24H37NO5/c1-6-29-21(23(27)28)16-18-12-14-20(15-13-18)30-17(2)22(26)25(24(3,4)5)19-10-8-7-9-11-19/h12-15,17,19,21H,6-11,16H2,1-5H3,(H,27,28)/t17?,21-/m1/s1. The molecule has 1 aromatic carbocycles. The number of amides is 1. The van der Waals surface area contributed by atoms with Crippen LogP contribution in [0.3, 0.4) is 0 Å². The lowest BCUT2D eigenvalue weighted by molar-refractivity contribution is -0.150. The van der Waals surface area contributed by atoms with E-state index >= 15 is 0 Å². The van der Waals surface area contributed by atoms with Crippen molar-refractivity contribution in [3.63, 3.8) is 0 Å². The Kier molecular flexibility index (Phi) is 8.71. The molecular weight excluding hydrogens is 382 g/mol. The highest BCUT2D eigenvalue weighted by atomic mass is 16.5. The Labute approximate surface area is 180 Å². The average molecular weight is 420 g/mol. The Morgan fingerprint density at radius 3 is 2.23 bits per heavy atom. The first kappa shape index (κ1) is 24.2. The second-order valence-corrected chi connectivity index (χ2v) is 9.06. The second-order valence-electron chi connectivity index (χ2n) is 9.06. The number of carboxylic acid groups (broad SMARTS) is 1. The Balaban J connectivity index is 2.03. The quantitative estimate of drug-likeness (QED) is 0.640. The smallest absolute Gasteiger partial charge is 0.333 e. The number of ether oxygens (including phenoxy) is 2. The van der Waals surface area contributed by atoms with Gasteiger partial charge in [-0.2, -0.15) is 0 Å². The Morgan fingerprint density at radius 2 is 1.73 bits per heavy atom. The summed E-state index contributed by atoms with van der Waals surface area (Å²) in [5, 5.41) is 9.23.